The maximum Gasteiger partial charge on any atom is 0.0854 e. The molecule has 0 radical (unpaired) electrons. The third kappa shape index (κ3) is 2.79. The minimum atomic E-state index is 0.261. The third-order valence-corrected chi connectivity index (χ3v) is 1.78. The fraction of sp³-hybridized carbons (Fsp3) is 0.273. The average molecular weight is 162 g/mol. The summed E-state index contributed by atoms with van der Waals surface area (Å²) in [4.78, 5) is 0. The average Bonchev–Trinajstić information content (AvgIpc) is 2.01. The summed E-state index contributed by atoms with van der Waals surface area (Å²) in [6, 6.07) is 8.29. The smallest absolute Gasteiger partial charge is 0.0854 e. The topological polar surface area (TPSA) is 20.2 Å². The lowest BCUT2D eigenvalue weighted by molar-refractivity contribution is 0.391. The van der Waals surface area contributed by atoms with Crippen LogP contribution in [-0.4, -0.2) is 5.11 Å². The predicted molar refractivity (Wildman–Crippen MR) is 51.3 cm³/mol. The number of hydrogen-bond donors (Lipinski definition) is 1. The fourth-order valence-electron chi connectivity index (χ4n) is 1.16. The van der Waals surface area contributed by atoms with E-state index in [9.17, 15) is 0 Å². The molecule has 1 aromatic rings. The summed E-state index contributed by atoms with van der Waals surface area (Å²) in [6.45, 7) is 5.51. The lowest BCUT2D eigenvalue weighted by Gasteiger charge is -2.00. The molecule has 1 N–H and O–H groups in total. The molecule has 1 rings (SSSR count). The molecule has 0 saturated carbocycles. The first kappa shape index (κ1) is 8.85. The Morgan fingerprint density at radius 3 is 2.83 bits per heavy atom. The molecular formula is C11H14O. The fourth-order valence-corrected chi connectivity index (χ4v) is 1.16. The van der Waals surface area contributed by atoms with Crippen LogP contribution in [0.2, 0.25) is 0 Å². The standard InChI is InChI=1S/C11H14O/c1-9-4-3-5-11(8-9)7-6-10(2)12/h3-5,8,12H,2,6-7H2,1H3. The molecule has 0 fully saturated rings. The molecule has 0 bridgehead atoms. The number of aryl methyl sites for hydroxylation is 2. The van der Waals surface area contributed by atoms with E-state index in [1.165, 1.54) is 11.1 Å². The van der Waals surface area contributed by atoms with Crippen molar-refractivity contribution < 1.29 is 5.11 Å². The third-order valence-electron chi connectivity index (χ3n) is 1.78. The van der Waals surface area contributed by atoms with Gasteiger partial charge in [0.25, 0.3) is 0 Å². The number of hydrogen-bond acceptors (Lipinski definition) is 1. The van der Waals surface area contributed by atoms with Gasteiger partial charge >= 0.3 is 0 Å². The minimum absolute atomic E-state index is 0.261. The Morgan fingerprint density at radius 2 is 2.25 bits per heavy atom. The molecule has 1 aromatic carbocycles. The molecule has 0 unspecified atom stereocenters. The summed E-state index contributed by atoms with van der Waals surface area (Å²) >= 11 is 0. The summed E-state index contributed by atoms with van der Waals surface area (Å²) in [5.41, 5.74) is 2.52. The van der Waals surface area contributed by atoms with Gasteiger partial charge in [0.15, 0.2) is 0 Å². The lowest BCUT2D eigenvalue weighted by atomic mass is 10.1. The summed E-state index contributed by atoms with van der Waals surface area (Å²) in [5.74, 6) is 0.261. The van der Waals surface area contributed by atoms with Crippen molar-refractivity contribution in [1.29, 1.82) is 0 Å². The van der Waals surface area contributed by atoms with Gasteiger partial charge in [-0.05, 0) is 18.9 Å². The van der Waals surface area contributed by atoms with Crippen molar-refractivity contribution in [3.05, 3.63) is 47.7 Å². The van der Waals surface area contributed by atoms with E-state index in [0.29, 0.717) is 6.42 Å². The van der Waals surface area contributed by atoms with Gasteiger partial charge in [0, 0.05) is 6.42 Å². The number of aliphatic hydroxyl groups excluding tert-OH is 1. The van der Waals surface area contributed by atoms with Gasteiger partial charge < -0.3 is 5.11 Å². The SMILES string of the molecule is C=C(O)CCc1cccc(C)c1. The predicted octanol–water partition coefficient (Wildman–Crippen LogP) is 3.00. The minimum Gasteiger partial charge on any atom is -0.513 e. The first-order chi connectivity index (χ1) is 5.68. The number of aliphatic hydroxyl groups is 1. The molecule has 1 heteroatoms. The van der Waals surface area contributed by atoms with Gasteiger partial charge in [0.1, 0.15) is 0 Å². The molecule has 1 nitrogen and oxygen atoms in total. The van der Waals surface area contributed by atoms with E-state index >= 15 is 0 Å². The van der Waals surface area contributed by atoms with Crippen LogP contribution >= 0.6 is 0 Å². The van der Waals surface area contributed by atoms with E-state index in [1.807, 2.05) is 6.07 Å². The van der Waals surface area contributed by atoms with E-state index < -0.39 is 0 Å². The number of rotatable bonds is 3. The van der Waals surface area contributed by atoms with Crippen LogP contribution in [-0.2, 0) is 6.42 Å². The molecule has 0 atom stereocenters. The normalized spacial score (nSPS) is 9.75. The van der Waals surface area contributed by atoms with Crippen molar-refractivity contribution in [3.8, 4) is 0 Å². The van der Waals surface area contributed by atoms with Gasteiger partial charge in [-0.25, -0.2) is 0 Å². The quantitative estimate of drug-likeness (QED) is 0.677. The summed E-state index contributed by atoms with van der Waals surface area (Å²) in [7, 11) is 0. The van der Waals surface area contributed by atoms with Crippen molar-refractivity contribution in [3.63, 3.8) is 0 Å². The molecule has 0 aliphatic carbocycles. The first-order valence-corrected chi connectivity index (χ1v) is 4.11. The summed E-state index contributed by atoms with van der Waals surface area (Å²) in [5, 5.41) is 8.89. The van der Waals surface area contributed by atoms with Gasteiger partial charge in [-0.2, -0.15) is 0 Å². The second-order valence-electron chi connectivity index (χ2n) is 3.06. The van der Waals surface area contributed by atoms with Crippen LogP contribution in [0.4, 0.5) is 0 Å². The highest BCUT2D eigenvalue weighted by atomic mass is 16.3. The van der Waals surface area contributed by atoms with E-state index in [1.54, 1.807) is 0 Å². The highest BCUT2D eigenvalue weighted by Crippen LogP contribution is 2.08. The zero-order valence-corrected chi connectivity index (χ0v) is 7.38. The maximum atomic E-state index is 8.89. The Kier molecular flexibility index (Phi) is 2.92. The summed E-state index contributed by atoms with van der Waals surface area (Å²) < 4.78 is 0. The van der Waals surface area contributed by atoms with Gasteiger partial charge in [-0.1, -0.05) is 36.4 Å². The van der Waals surface area contributed by atoms with E-state index in [4.69, 9.17) is 5.11 Å². The van der Waals surface area contributed by atoms with Crippen LogP contribution in [0.1, 0.15) is 17.5 Å². The Balaban J connectivity index is 2.57. The lowest BCUT2D eigenvalue weighted by Crippen LogP contribution is -1.87. The second kappa shape index (κ2) is 3.96. The van der Waals surface area contributed by atoms with Crippen LogP contribution < -0.4 is 0 Å². The van der Waals surface area contributed by atoms with E-state index in [0.717, 1.165) is 6.42 Å². The summed E-state index contributed by atoms with van der Waals surface area (Å²) in [6.07, 6.45) is 1.53. The Hall–Kier alpha value is -1.24. The van der Waals surface area contributed by atoms with Gasteiger partial charge in [0.05, 0.1) is 5.76 Å². The van der Waals surface area contributed by atoms with E-state index in [-0.39, 0.29) is 5.76 Å². The Labute approximate surface area is 73.4 Å². The van der Waals surface area contributed by atoms with Crippen LogP contribution in [0.3, 0.4) is 0 Å². The van der Waals surface area contributed by atoms with Crippen molar-refractivity contribution in [2.75, 3.05) is 0 Å². The van der Waals surface area contributed by atoms with Crippen molar-refractivity contribution >= 4 is 0 Å². The van der Waals surface area contributed by atoms with Gasteiger partial charge in [-0.3, -0.25) is 0 Å². The van der Waals surface area contributed by atoms with Crippen LogP contribution in [0.25, 0.3) is 0 Å². The molecule has 12 heavy (non-hydrogen) atoms. The zero-order chi connectivity index (χ0) is 8.97. The molecule has 0 heterocycles. The first-order valence-electron chi connectivity index (χ1n) is 4.11. The number of benzene rings is 1. The molecule has 0 amide bonds. The van der Waals surface area contributed by atoms with Crippen molar-refractivity contribution in [2.45, 2.75) is 19.8 Å². The molecule has 0 saturated heterocycles. The monoisotopic (exact) mass is 162 g/mol. The van der Waals surface area contributed by atoms with Gasteiger partial charge in [-0.15, -0.1) is 0 Å². The molecule has 64 valence electrons. The molecular weight excluding hydrogens is 148 g/mol. The molecule has 0 aliphatic heterocycles. The van der Waals surface area contributed by atoms with Crippen LogP contribution in [0, 0.1) is 6.92 Å². The Bertz CT molecular complexity index is 276. The van der Waals surface area contributed by atoms with Crippen LogP contribution in [0.5, 0.6) is 0 Å². The van der Waals surface area contributed by atoms with Gasteiger partial charge in [0.2, 0.25) is 0 Å². The van der Waals surface area contributed by atoms with Crippen molar-refractivity contribution in [1.82, 2.24) is 0 Å². The van der Waals surface area contributed by atoms with Crippen LogP contribution in [0.15, 0.2) is 36.6 Å². The highest BCUT2D eigenvalue weighted by molar-refractivity contribution is 5.22. The zero-order valence-electron chi connectivity index (χ0n) is 7.38. The number of allylic oxidation sites excluding steroid dienone is 1. The largest absolute Gasteiger partial charge is 0.513 e. The Morgan fingerprint density at radius 1 is 1.50 bits per heavy atom. The van der Waals surface area contributed by atoms with E-state index in [2.05, 4.69) is 31.7 Å². The molecule has 0 aromatic heterocycles. The molecule has 0 aliphatic rings. The van der Waals surface area contributed by atoms with Crippen molar-refractivity contribution in [2.24, 2.45) is 0 Å². The maximum absolute atomic E-state index is 8.89. The highest BCUT2D eigenvalue weighted by Gasteiger charge is 1.94. The second-order valence-corrected chi connectivity index (χ2v) is 3.06. The molecule has 0 spiro atoms.